The number of hydrogen-bond donors (Lipinski definition) is 9. The molecule has 17 nitrogen and oxygen atoms in total. The van der Waals surface area contributed by atoms with Crippen LogP contribution in [0.5, 0.6) is 0 Å². The van der Waals surface area contributed by atoms with Crippen molar-refractivity contribution in [2.75, 3.05) is 38.0 Å². The van der Waals surface area contributed by atoms with Crippen molar-refractivity contribution in [3.8, 4) is 11.1 Å². The number of aliphatic carboxylic acids is 2. The molecule has 0 aliphatic rings. The zero-order valence-corrected chi connectivity index (χ0v) is 38.8. The van der Waals surface area contributed by atoms with Gasteiger partial charge in [-0.15, -0.1) is 0 Å². The van der Waals surface area contributed by atoms with Crippen LogP contribution < -0.4 is 37.6 Å². The van der Waals surface area contributed by atoms with Crippen LogP contribution in [-0.4, -0.2) is 108 Å². The fourth-order valence-corrected chi connectivity index (χ4v) is 7.38. The van der Waals surface area contributed by atoms with Gasteiger partial charge in [0.2, 0.25) is 23.6 Å². The van der Waals surface area contributed by atoms with Crippen molar-refractivity contribution in [2.45, 2.75) is 115 Å². The first-order valence-electron chi connectivity index (χ1n) is 23.1. The highest BCUT2D eigenvalue weighted by Crippen LogP contribution is 2.24. The molecule has 0 spiro atoms. The van der Waals surface area contributed by atoms with Crippen molar-refractivity contribution in [3.05, 3.63) is 90.0 Å². The number of carboxylic acids is 2. The van der Waals surface area contributed by atoms with E-state index in [0.717, 1.165) is 42.4 Å². The fourth-order valence-electron chi connectivity index (χ4n) is 7.38. The molecular weight excluding hydrogens is 859 g/mol. The van der Waals surface area contributed by atoms with Gasteiger partial charge in [0.25, 0.3) is 0 Å². The Bertz CT molecular complexity index is 2050. The average molecular weight is 928 g/mol. The molecule has 0 unspecified atom stereocenters. The molecule has 0 bridgehead atoms. The minimum Gasteiger partial charge on any atom is -0.481 e. The zero-order valence-electron chi connectivity index (χ0n) is 38.8. The molecule has 17 heteroatoms. The Balaban J connectivity index is 1.72. The summed E-state index contributed by atoms with van der Waals surface area (Å²) in [5.41, 5.74) is 10.9. The molecule has 3 aromatic rings. The number of amides is 4. The molecule has 0 radical (unpaired) electrons. The Morgan fingerprint density at radius 3 is 1.96 bits per heavy atom. The summed E-state index contributed by atoms with van der Waals surface area (Å²) in [5, 5.41) is 35.7. The zero-order chi connectivity index (χ0) is 49.0. The number of Topliss-reactive ketones (excluding diaryl/α,β-unsaturated/α-hetero) is 2. The van der Waals surface area contributed by atoms with E-state index < -0.39 is 41.8 Å². The van der Waals surface area contributed by atoms with Crippen molar-refractivity contribution < 1.29 is 48.6 Å². The van der Waals surface area contributed by atoms with Gasteiger partial charge in [-0.2, -0.15) is 0 Å². The summed E-state index contributed by atoms with van der Waals surface area (Å²) in [4.78, 5) is 98.5. The third-order valence-corrected chi connectivity index (χ3v) is 11.0. The normalized spacial score (nSPS) is 12.8. The predicted octanol–water partition coefficient (Wildman–Crippen LogP) is 3.92. The Hall–Kier alpha value is -6.30. The van der Waals surface area contributed by atoms with Crippen molar-refractivity contribution in [1.29, 1.82) is 0 Å². The van der Waals surface area contributed by atoms with Gasteiger partial charge in [-0.05, 0) is 98.8 Å². The van der Waals surface area contributed by atoms with Gasteiger partial charge in [-0.3, -0.25) is 33.6 Å². The van der Waals surface area contributed by atoms with Crippen LogP contribution in [0.25, 0.3) is 11.1 Å². The maximum atomic E-state index is 14.2. The van der Waals surface area contributed by atoms with E-state index in [1.165, 1.54) is 19.4 Å². The van der Waals surface area contributed by atoms with Gasteiger partial charge >= 0.3 is 11.9 Å². The summed E-state index contributed by atoms with van der Waals surface area (Å²) >= 11 is 0. The molecule has 10 N–H and O–H groups in total. The average Bonchev–Trinajstić information content (AvgIpc) is 3.29. The number of ketones is 2. The molecule has 4 amide bonds. The van der Waals surface area contributed by atoms with Gasteiger partial charge in [-0.1, -0.05) is 73.2 Å². The first-order chi connectivity index (χ1) is 32.1. The van der Waals surface area contributed by atoms with Crippen molar-refractivity contribution in [2.24, 2.45) is 11.7 Å². The summed E-state index contributed by atoms with van der Waals surface area (Å²) in [5.74, 6) is -5.24. The van der Waals surface area contributed by atoms with E-state index in [2.05, 4.69) is 44.0 Å². The molecule has 0 saturated carbocycles. The monoisotopic (exact) mass is 928 g/mol. The molecule has 0 fully saturated rings. The van der Waals surface area contributed by atoms with E-state index in [-0.39, 0.29) is 87.5 Å². The molecular formula is C50H69N7O10. The number of carboxylic acid groups (broad SMARTS) is 2. The lowest BCUT2D eigenvalue weighted by Gasteiger charge is -2.23. The van der Waals surface area contributed by atoms with Crippen LogP contribution in [0.15, 0.2) is 78.9 Å². The number of unbranched alkanes of at least 4 members (excludes halogenated alkanes) is 1. The Morgan fingerprint density at radius 1 is 0.642 bits per heavy atom. The second-order valence-corrected chi connectivity index (χ2v) is 16.9. The van der Waals surface area contributed by atoms with Crippen molar-refractivity contribution in [1.82, 2.24) is 26.6 Å². The first kappa shape index (κ1) is 55.0. The molecule has 0 aliphatic carbocycles. The number of nitrogens with two attached hydrogens (primary N) is 1. The van der Waals surface area contributed by atoms with Crippen LogP contribution >= 0.6 is 0 Å². The van der Waals surface area contributed by atoms with Crippen LogP contribution in [0.4, 0.5) is 5.69 Å². The van der Waals surface area contributed by atoms with Gasteiger partial charge in [-0.25, -0.2) is 4.79 Å². The number of carbonyl (C=O) groups excluding carboxylic acids is 6. The molecule has 0 saturated heterocycles. The van der Waals surface area contributed by atoms with E-state index in [4.69, 9.17) is 10.8 Å². The standard InChI is InChI=1S/C50H69N7O10/c1-34(58)55-33-43(60)14-9-27-53-44(25-28-52-32-41(51)13-7-6-12-36-10-4-3-5-11-36)46(61)31-40(49(65)54-29-26-45(50(66)67)57-47(62)15-8-16-48(63)64)30-37-17-19-38(20-18-37)39-21-23-42(24-22-39)56-35(2)59/h3-5,10-11,17-24,40-41,44-45,52-53H,6-9,12-16,25-33,51H2,1-2H3,(H,54,65)(H,55,58)(H,56,59)(H,57,62)(H,63,64)(H,66,67)/t40-,41-,44-,45+/m0/s1. The molecule has 4 atom stereocenters. The molecule has 3 aromatic carbocycles. The second-order valence-electron chi connectivity index (χ2n) is 16.9. The third kappa shape index (κ3) is 23.6. The Morgan fingerprint density at radius 2 is 1.31 bits per heavy atom. The van der Waals surface area contributed by atoms with Crippen LogP contribution in [0.3, 0.4) is 0 Å². The number of anilines is 1. The highest BCUT2D eigenvalue weighted by atomic mass is 16.4. The molecule has 364 valence electrons. The number of rotatable bonds is 34. The third-order valence-electron chi connectivity index (χ3n) is 11.0. The maximum absolute atomic E-state index is 14.2. The predicted molar refractivity (Wildman–Crippen MR) is 256 cm³/mol. The topological polar surface area (TPSA) is 275 Å². The summed E-state index contributed by atoms with van der Waals surface area (Å²) < 4.78 is 0. The van der Waals surface area contributed by atoms with Crippen LogP contribution in [0, 0.1) is 5.92 Å². The Labute approximate surface area is 393 Å². The van der Waals surface area contributed by atoms with Gasteiger partial charge in [0.1, 0.15) is 6.04 Å². The molecule has 0 aromatic heterocycles. The maximum Gasteiger partial charge on any atom is 0.326 e. The van der Waals surface area contributed by atoms with E-state index in [9.17, 15) is 43.5 Å². The number of benzene rings is 3. The smallest absolute Gasteiger partial charge is 0.326 e. The quantitative estimate of drug-likeness (QED) is 0.0385. The first-order valence-corrected chi connectivity index (χ1v) is 23.1. The summed E-state index contributed by atoms with van der Waals surface area (Å²) in [6.45, 7) is 3.87. The number of hydrogen-bond acceptors (Lipinski definition) is 11. The van der Waals surface area contributed by atoms with Crippen molar-refractivity contribution in [3.63, 3.8) is 0 Å². The van der Waals surface area contributed by atoms with Crippen LogP contribution in [0.1, 0.15) is 95.6 Å². The molecule has 0 heterocycles. The van der Waals surface area contributed by atoms with E-state index in [0.29, 0.717) is 38.2 Å². The van der Waals surface area contributed by atoms with E-state index in [1.54, 1.807) is 12.1 Å². The van der Waals surface area contributed by atoms with E-state index in [1.807, 2.05) is 54.6 Å². The minimum absolute atomic E-state index is 0.0393. The van der Waals surface area contributed by atoms with Gasteiger partial charge in [0.05, 0.1) is 12.6 Å². The van der Waals surface area contributed by atoms with Gasteiger partial charge < -0.3 is 47.8 Å². The second kappa shape index (κ2) is 30.8. The Kier molecular flexibility index (Phi) is 25.3. The van der Waals surface area contributed by atoms with Crippen molar-refractivity contribution >= 4 is 52.8 Å². The largest absolute Gasteiger partial charge is 0.481 e. The highest BCUT2D eigenvalue weighted by molar-refractivity contribution is 5.91. The van der Waals surface area contributed by atoms with Gasteiger partial charge in [0, 0.05) is 70.3 Å². The lowest BCUT2D eigenvalue weighted by molar-refractivity contribution is -0.142. The lowest BCUT2D eigenvalue weighted by Crippen LogP contribution is -2.45. The SMILES string of the molecule is CC(=O)NCC(=O)CCCN[C@@H](CCNC[C@@H](N)CCCCc1ccccc1)C(=O)C[C@H](Cc1ccc(-c2ccc(NC(C)=O)cc2)cc1)C(=O)NCC[C@@H](NC(=O)CCCC(=O)O)C(=O)O. The minimum atomic E-state index is -1.34. The van der Waals surface area contributed by atoms with Crippen LogP contribution in [0.2, 0.25) is 0 Å². The summed E-state index contributed by atoms with van der Waals surface area (Å²) in [6, 6.07) is 23.0. The molecule has 0 aliphatic heterocycles. The number of carbonyl (C=O) groups is 8. The lowest BCUT2D eigenvalue weighted by atomic mass is 9.89. The highest BCUT2D eigenvalue weighted by Gasteiger charge is 2.28. The molecule has 67 heavy (non-hydrogen) atoms. The molecule has 3 rings (SSSR count). The van der Waals surface area contributed by atoms with Crippen LogP contribution in [-0.2, 0) is 51.2 Å². The van der Waals surface area contributed by atoms with E-state index >= 15 is 0 Å². The number of nitrogens with one attached hydrogen (secondary N) is 6. The van der Waals surface area contributed by atoms with Gasteiger partial charge in [0.15, 0.2) is 11.6 Å². The fraction of sp³-hybridized carbons (Fsp3) is 0.480. The summed E-state index contributed by atoms with van der Waals surface area (Å²) in [6.07, 6.45) is 4.25. The number of aryl methyl sites for hydroxylation is 1. The summed E-state index contributed by atoms with van der Waals surface area (Å²) in [7, 11) is 0.